The number of likely N-dealkylation sites (tertiary alicyclic amines) is 1. The summed E-state index contributed by atoms with van der Waals surface area (Å²) in [5, 5.41) is 0.891. The minimum Gasteiger partial charge on any atom is -0.494 e. The van der Waals surface area contributed by atoms with Crippen LogP contribution in [0.4, 0.5) is 4.39 Å². The summed E-state index contributed by atoms with van der Waals surface area (Å²) >= 11 is 0. The maximum Gasteiger partial charge on any atom is 0.254 e. The molecule has 3 aromatic heterocycles. The van der Waals surface area contributed by atoms with Gasteiger partial charge >= 0.3 is 0 Å². The van der Waals surface area contributed by atoms with Crippen LogP contribution in [0.5, 0.6) is 11.6 Å². The Morgan fingerprint density at radius 2 is 2.08 bits per heavy atom. The quantitative estimate of drug-likeness (QED) is 0.437. The van der Waals surface area contributed by atoms with Gasteiger partial charge in [0.1, 0.15) is 16.9 Å². The van der Waals surface area contributed by atoms with E-state index in [9.17, 15) is 9.18 Å². The molecular formula is C26H31FN6O3. The first kappa shape index (κ1) is 24.1. The number of ether oxygens (including phenoxy) is 2. The lowest BCUT2D eigenvalue weighted by atomic mass is 10.0. The van der Waals surface area contributed by atoms with E-state index in [4.69, 9.17) is 20.2 Å². The second-order valence-corrected chi connectivity index (χ2v) is 9.19. The average molecular weight is 495 g/mol. The van der Waals surface area contributed by atoms with Gasteiger partial charge in [-0.05, 0) is 44.0 Å². The maximum absolute atomic E-state index is 13.4. The summed E-state index contributed by atoms with van der Waals surface area (Å²) in [5.41, 5.74) is 9.60. The molecule has 4 aromatic rings. The van der Waals surface area contributed by atoms with Crippen LogP contribution in [0.2, 0.25) is 0 Å². The van der Waals surface area contributed by atoms with Gasteiger partial charge in [-0.25, -0.2) is 9.37 Å². The zero-order chi connectivity index (χ0) is 25.6. The number of hydrogen-bond donors (Lipinski definition) is 1. The molecule has 0 spiro atoms. The van der Waals surface area contributed by atoms with Crippen LogP contribution >= 0.6 is 0 Å². The largest absolute Gasteiger partial charge is 0.494 e. The molecule has 1 aliphatic rings. The van der Waals surface area contributed by atoms with Gasteiger partial charge in [-0.3, -0.25) is 4.79 Å². The van der Waals surface area contributed by atoms with Gasteiger partial charge in [-0.2, -0.15) is 4.98 Å². The second kappa shape index (κ2) is 9.42. The lowest BCUT2D eigenvalue weighted by Crippen LogP contribution is -2.45. The van der Waals surface area contributed by atoms with Crippen LogP contribution in [0.15, 0.2) is 30.3 Å². The number of piperidine rings is 1. The molecule has 190 valence electrons. The van der Waals surface area contributed by atoms with Gasteiger partial charge in [0.15, 0.2) is 5.82 Å². The highest BCUT2D eigenvalue weighted by Gasteiger charge is 2.25. The van der Waals surface area contributed by atoms with Gasteiger partial charge < -0.3 is 29.2 Å². The molecule has 2 atom stereocenters. The summed E-state index contributed by atoms with van der Waals surface area (Å²) in [7, 11) is 3.51. The highest BCUT2D eigenvalue weighted by molar-refractivity contribution is 6.00. The van der Waals surface area contributed by atoms with Crippen molar-refractivity contribution in [1.29, 1.82) is 0 Å². The summed E-state index contributed by atoms with van der Waals surface area (Å²) in [6.07, 6.45) is 0.368. The molecule has 1 unspecified atom stereocenters. The summed E-state index contributed by atoms with van der Waals surface area (Å²) in [4.78, 5) is 24.5. The number of amides is 1. The summed E-state index contributed by atoms with van der Waals surface area (Å²) < 4.78 is 28.2. The lowest BCUT2D eigenvalue weighted by Gasteiger charge is -2.30. The van der Waals surface area contributed by atoms with Crippen molar-refractivity contribution in [1.82, 2.24) is 24.0 Å². The summed E-state index contributed by atoms with van der Waals surface area (Å²) in [6, 6.07) is 9.11. The molecule has 1 saturated heterocycles. The van der Waals surface area contributed by atoms with E-state index in [0.29, 0.717) is 47.9 Å². The minimum absolute atomic E-state index is 0.00150. The van der Waals surface area contributed by atoms with Crippen LogP contribution in [-0.2, 0) is 13.6 Å². The Bertz CT molecular complexity index is 1440. The Morgan fingerprint density at radius 3 is 2.78 bits per heavy atom. The number of imidazole rings is 1. The smallest absolute Gasteiger partial charge is 0.254 e. The Kier molecular flexibility index (Phi) is 6.29. The standard InChI is InChI=1S/C26H31FN6O3/c1-5-33-20(12-16-8-9-22(30-24(16)33)36-15(2)27)25-29-19-11-17(13-21(35-4)23(19)31(25)3)26(34)32-10-6-7-18(28)14-32/h8-9,11-13,15,18H,5-7,10,14,28H2,1-4H3/t15?,18-/m1/s1. The van der Waals surface area contributed by atoms with Crippen molar-refractivity contribution >= 4 is 28.0 Å². The number of nitrogens with zero attached hydrogens (tertiary/aromatic N) is 5. The number of rotatable bonds is 6. The van der Waals surface area contributed by atoms with E-state index in [1.54, 1.807) is 24.1 Å². The fourth-order valence-electron chi connectivity index (χ4n) is 5.04. The van der Waals surface area contributed by atoms with Gasteiger partial charge in [0.25, 0.3) is 5.91 Å². The van der Waals surface area contributed by atoms with Crippen molar-refractivity contribution in [3.63, 3.8) is 0 Å². The van der Waals surface area contributed by atoms with E-state index < -0.39 is 6.36 Å². The number of carbonyl (C=O) groups is 1. The molecule has 10 heteroatoms. The first-order valence-electron chi connectivity index (χ1n) is 12.2. The number of pyridine rings is 1. The van der Waals surface area contributed by atoms with Crippen LogP contribution < -0.4 is 15.2 Å². The number of methoxy groups -OCH3 is 1. The topological polar surface area (TPSA) is 100 Å². The highest BCUT2D eigenvalue weighted by Crippen LogP contribution is 2.34. The van der Waals surface area contributed by atoms with Crippen molar-refractivity contribution in [2.24, 2.45) is 12.8 Å². The molecule has 36 heavy (non-hydrogen) atoms. The third kappa shape index (κ3) is 4.15. The summed E-state index contributed by atoms with van der Waals surface area (Å²) in [5.74, 6) is 1.43. The molecule has 0 aliphatic carbocycles. The molecule has 1 aromatic carbocycles. The SMILES string of the molecule is CCn1c(-c2nc3cc(C(=O)N4CCC[C@@H](N)C4)cc(OC)c3n2C)cc2ccc(OC(C)F)nc21. The molecule has 2 N–H and O–H groups in total. The molecule has 1 fully saturated rings. The number of alkyl halides is 1. The number of fused-ring (bicyclic) bond motifs is 2. The molecule has 0 radical (unpaired) electrons. The number of carbonyl (C=O) groups excluding carboxylic acids is 1. The van der Waals surface area contributed by atoms with Gasteiger partial charge in [0, 0.05) is 56.7 Å². The Morgan fingerprint density at radius 1 is 1.28 bits per heavy atom. The van der Waals surface area contributed by atoms with Crippen LogP contribution in [0.3, 0.4) is 0 Å². The predicted molar refractivity (Wildman–Crippen MR) is 136 cm³/mol. The number of benzene rings is 1. The molecule has 5 rings (SSSR count). The highest BCUT2D eigenvalue weighted by atomic mass is 19.1. The van der Waals surface area contributed by atoms with E-state index in [1.807, 2.05) is 41.3 Å². The fourth-order valence-corrected chi connectivity index (χ4v) is 5.04. The lowest BCUT2D eigenvalue weighted by molar-refractivity contribution is 0.0708. The molecule has 1 amide bonds. The van der Waals surface area contributed by atoms with Crippen LogP contribution in [0.25, 0.3) is 33.6 Å². The van der Waals surface area contributed by atoms with Gasteiger partial charge in [0.2, 0.25) is 12.2 Å². The number of nitrogens with two attached hydrogens (primary N) is 1. The Labute approximate surface area is 208 Å². The Hall–Kier alpha value is -3.66. The van der Waals surface area contributed by atoms with Gasteiger partial charge in [-0.15, -0.1) is 0 Å². The van der Waals surface area contributed by atoms with Gasteiger partial charge in [0.05, 0.1) is 18.3 Å². The van der Waals surface area contributed by atoms with Crippen LogP contribution in [0.1, 0.15) is 37.0 Å². The number of aryl methyl sites for hydroxylation is 2. The maximum atomic E-state index is 13.4. The number of halogens is 1. The van der Waals surface area contributed by atoms with E-state index >= 15 is 0 Å². The normalized spacial score (nSPS) is 17.1. The van der Waals surface area contributed by atoms with Crippen LogP contribution in [-0.4, -0.2) is 62.5 Å². The van der Waals surface area contributed by atoms with E-state index in [2.05, 4.69) is 4.98 Å². The van der Waals surface area contributed by atoms with E-state index in [-0.39, 0.29) is 17.8 Å². The first-order valence-corrected chi connectivity index (χ1v) is 12.2. The first-order chi connectivity index (χ1) is 17.3. The van der Waals surface area contributed by atoms with Crippen molar-refractivity contribution in [2.45, 2.75) is 45.6 Å². The third-order valence-corrected chi connectivity index (χ3v) is 6.69. The molecule has 0 bridgehead atoms. The van der Waals surface area contributed by atoms with Crippen molar-refractivity contribution in [3.8, 4) is 23.1 Å². The van der Waals surface area contributed by atoms with Crippen molar-refractivity contribution in [2.75, 3.05) is 20.2 Å². The van der Waals surface area contributed by atoms with Crippen LogP contribution in [0, 0.1) is 0 Å². The zero-order valence-corrected chi connectivity index (χ0v) is 21.0. The average Bonchev–Trinajstić information content (AvgIpc) is 3.39. The molecular weight excluding hydrogens is 463 g/mol. The Balaban J connectivity index is 1.61. The van der Waals surface area contributed by atoms with Crippen molar-refractivity contribution < 1.29 is 18.7 Å². The number of aromatic nitrogens is 4. The summed E-state index contributed by atoms with van der Waals surface area (Å²) in [6.45, 7) is 5.20. The fraction of sp³-hybridized carbons (Fsp3) is 0.423. The monoisotopic (exact) mass is 494 g/mol. The van der Waals surface area contributed by atoms with Gasteiger partial charge in [-0.1, -0.05) is 0 Å². The van der Waals surface area contributed by atoms with E-state index in [0.717, 1.165) is 29.4 Å². The second-order valence-electron chi connectivity index (χ2n) is 9.19. The molecule has 9 nitrogen and oxygen atoms in total. The number of hydrogen-bond acceptors (Lipinski definition) is 6. The third-order valence-electron chi connectivity index (χ3n) is 6.69. The molecule has 1 aliphatic heterocycles. The van der Waals surface area contributed by atoms with Crippen molar-refractivity contribution in [3.05, 3.63) is 35.9 Å². The predicted octanol–water partition coefficient (Wildman–Crippen LogP) is 3.88. The minimum atomic E-state index is -1.45. The molecule has 0 saturated carbocycles. The van der Waals surface area contributed by atoms with E-state index in [1.165, 1.54) is 6.92 Å². The zero-order valence-electron chi connectivity index (χ0n) is 21.0. The molecule has 4 heterocycles.